The Labute approximate surface area is 144 Å². The van der Waals surface area contributed by atoms with Gasteiger partial charge in [0, 0.05) is 5.69 Å². The van der Waals surface area contributed by atoms with Crippen molar-refractivity contribution in [2.45, 2.75) is 46.1 Å². The summed E-state index contributed by atoms with van der Waals surface area (Å²) >= 11 is 0. The van der Waals surface area contributed by atoms with E-state index in [-0.39, 0.29) is 17.6 Å². The minimum atomic E-state index is -0.293. The molecule has 2 rings (SSSR count). The van der Waals surface area contributed by atoms with Gasteiger partial charge in [0.25, 0.3) is 0 Å². The third kappa shape index (κ3) is 5.01. The summed E-state index contributed by atoms with van der Waals surface area (Å²) in [6.45, 7) is 10.4. The number of hydrogen-bond acceptors (Lipinski definition) is 2. The Kier molecular flexibility index (Phi) is 5.50. The molecular weight excluding hydrogens is 300 g/mol. The summed E-state index contributed by atoms with van der Waals surface area (Å²) in [5.74, 6) is 0.658. The number of nitrogens with one attached hydrogen (secondary N) is 2. The largest absolute Gasteiger partial charge is 0.489 e. The van der Waals surface area contributed by atoms with Crippen LogP contribution in [0.4, 0.5) is 16.2 Å². The van der Waals surface area contributed by atoms with Crippen LogP contribution in [0.2, 0.25) is 0 Å². The van der Waals surface area contributed by atoms with Gasteiger partial charge in [-0.15, -0.1) is 0 Å². The first-order valence-electron chi connectivity index (χ1n) is 8.20. The van der Waals surface area contributed by atoms with E-state index in [9.17, 15) is 4.79 Å². The Morgan fingerprint density at radius 1 is 0.958 bits per heavy atom. The highest BCUT2D eigenvalue weighted by atomic mass is 16.5. The molecule has 24 heavy (non-hydrogen) atoms. The fourth-order valence-corrected chi connectivity index (χ4v) is 2.26. The highest BCUT2D eigenvalue weighted by Crippen LogP contribution is 2.26. The highest BCUT2D eigenvalue weighted by molar-refractivity contribution is 6.00. The molecule has 0 saturated heterocycles. The van der Waals surface area contributed by atoms with Crippen LogP contribution < -0.4 is 15.4 Å². The fraction of sp³-hybridized carbons (Fsp3) is 0.350. The van der Waals surface area contributed by atoms with Gasteiger partial charge in [-0.2, -0.15) is 0 Å². The van der Waals surface area contributed by atoms with Gasteiger partial charge in [-0.05, 0) is 49.1 Å². The predicted octanol–water partition coefficient (Wildman–Crippen LogP) is 5.42. The van der Waals surface area contributed by atoms with E-state index >= 15 is 0 Å². The number of amides is 2. The molecule has 2 amide bonds. The monoisotopic (exact) mass is 326 g/mol. The Morgan fingerprint density at radius 3 is 2.17 bits per heavy atom. The molecule has 0 saturated carbocycles. The van der Waals surface area contributed by atoms with Crippen LogP contribution in [0.5, 0.6) is 5.75 Å². The van der Waals surface area contributed by atoms with Crippen molar-refractivity contribution < 1.29 is 9.53 Å². The zero-order chi connectivity index (χ0) is 17.7. The molecule has 0 bridgehead atoms. The molecule has 2 N–H and O–H groups in total. The van der Waals surface area contributed by atoms with E-state index in [0.29, 0.717) is 11.4 Å². The van der Waals surface area contributed by atoms with Crippen LogP contribution in [0.1, 0.15) is 40.2 Å². The summed E-state index contributed by atoms with van der Waals surface area (Å²) in [4.78, 5) is 12.2. The lowest BCUT2D eigenvalue weighted by atomic mass is 9.87. The molecule has 2 aromatic carbocycles. The summed E-state index contributed by atoms with van der Waals surface area (Å²) in [5, 5.41) is 5.68. The van der Waals surface area contributed by atoms with Crippen molar-refractivity contribution in [2.24, 2.45) is 0 Å². The van der Waals surface area contributed by atoms with Crippen molar-refractivity contribution in [1.82, 2.24) is 0 Å². The lowest BCUT2D eigenvalue weighted by Crippen LogP contribution is -2.20. The van der Waals surface area contributed by atoms with Gasteiger partial charge in [-0.3, -0.25) is 0 Å². The molecule has 0 fully saturated rings. The predicted molar refractivity (Wildman–Crippen MR) is 100.0 cm³/mol. The summed E-state index contributed by atoms with van der Waals surface area (Å²) in [5.41, 5.74) is 2.72. The van der Waals surface area contributed by atoms with Gasteiger partial charge in [0.2, 0.25) is 0 Å². The summed E-state index contributed by atoms with van der Waals surface area (Å²) in [6, 6.07) is 15.0. The van der Waals surface area contributed by atoms with Gasteiger partial charge in [0.1, 0.15) is 5.75 Å². The van der Waals surface area contributed by atoms with Crippen LogP contribution in [0.15, 0.2) is 48.5 Å². The van der Waals surface area contributed by atoms with Crippen LogP contribution in [-0.4, -0.2) is 12.1 Å². The zero-order valence-corrected chi connectivity index (χ0v) is 15.0. The van der Waals surface area contributed by atoms with Crippen LogP contribution in [0, 0.1) is 0 Å². The Morgan fingerprint density at radius 2 is 1.58 bits per heavy atom. The van der Waals surface area contributed by atoms with E-state index in [1.54, 1.807) is 0 Å². The normalized spacial score (nSPS) is 11.2. The van der Waals surface area contributed by atoms with Gasteiger partial charge < -0.3 is 15.4 Å². The number of ether oxygens (including phenoxy) is 1. The Balaban J connectivity index is 2.04. The van der Waals surface area contributed by atoms with Gasteiger partial charge in [0.05, 0.1) is 11.8 Å². The number of benzene rings is 2. The van der Waals surface area contributed by atoms with E-state index in [1.807, 2.05) is 62.4 Å². The molecule has 128 valence electrons. The molecule has 0 unspecified atom stereocenters. The number of para-hydroxylation sites is 2. The standard InChI is InChI=1S/C20H26N2O2/c1-14(2)24-18-9-7-6-8-17(18)22-19(23)21-16-12-10-15(11-13-16)20(3,4)5/h6-14H,1-5H3,(H2,21,22,23). The van der Waals surface area contributed by atoms with E-state index < -0.39 is 0 Å². The van der Waals surface area contributed by atoms with E-state index in [4.69, 9.17) is 4.74 Å². The Hall–Kier alpha value is -2.49. The molecule has 0 aliphatic carbocycles. The Bertz CT molecular complexity index is 686. The van der Waals surface area contributed by atoms with Crippen molar-refractivity contribution in [3.8, 4) is 5.75 Å². The van der Waals surface area contributed by atoms with Crippen LogP contribution >= 0.6 is 0 Å². The van der Waals surface area contributed by atoms with Crippen molar-refractivity contribution >= 4 is 17.4 Å². The molecule has 0 aromatic heterocycles. The van der Waals surface area contributed by atoms with Crippen LogP contribution in [0.25, 0.3) is 0 Å². The van der Waals surface area contributed by atoms with Gasteiger partial charge in [-0.25, -0.2) is 4.79 Å². The van der Waals surface area contributed by atoms with Crippen LogP contribution in [-0.2, 0) is 5.41 Å². The summed E-state index contributed by atoms with van der Waals surface area (Å²) in [7, 11) is 0. The summed E-state index contributed by atoms with van der Waals surface area (Å²) < 4.78 is 5.71. The third-order valence-electron chi connectivity index (χ3n) is 3.51. The number of carbonyl (C=O) groups is 1. The number of urea groups is 1. The average Bonchev–Trinajstić information content (AvgIpc) is 2.48. The maximum atomic E-state index is 12.2. The second-order valence-corrected chi connectivity index (χ2v) is 7.07. The first kappa shape index (κ1) is 17.9. The average molecular weight is 326 g/mol. The smallest absolute Gasteiger partial charge is 0.323 e. The second-order valence-electron chi connectivity index (χ2n) is 7.07. The van der Waals surface area contributed by atoms with E-state index in [1.165, 1.54) is 5.56 Å². The lowest BCUT2D eigenvalue weighted by molar-refractivity contribution is 0.243. The van der Waals surface area contributed by atoms with Gasteiger partial charge in [0.15, 0.2) is 0 Å². The molecule has 0 atom stereocenters. The topological polar surface area (TPSA) is 50.4 Å². The maximum absolute atomic E-state index is 12.2. The third-order valence-corrected chi connectivity index (χ3v) is 3.51. The fourth-order valence-electron chi connectivity index (χ4n) is 2.26. The molecule has 0 aliphatic rings. The molecule has 0 aliphatic heterocycles. The van der Waals surface area contributed by atoms with Gasteiger partial charge in [-0.1, -0.05) is 45.0 Å². The molecule has 4 nitrogen and oxygen atoms in total. The second kappa shape index (κ2) is 7.39. The van der Waals surface area contributed by atoms with Crippen LogP contribution in [0.3, 0.4) is 0 Å². The molecular formula is C20H26N2O2. The van der Waals surface area contributed by atoms with E-state index in [2.05, 4.69) is 31.4 Å². The molecule has 2 aromatic rings. The molecule has 0 radical (unpaired) electrons. The van der Waals surface area contributed by atoms with Crippen molar-refractivity contribution in [1.29, 1.82) is 0 Å². The van der Waals surface area contributed by atoms with Gasteiger partial charge >= 0.3 is 6.03 Å². The minimum absolute atomic E-state index is 0.0425. The lowest BCUT2D eigenvalue weighted by Gasteiger charge is -2.19. The van der Waals surface area contributed by atoms with E-state index in [0.717, 1.165) is 5.69 Å². The molecule has 4 heteroatoms. The number of rotatable bonds is 4. The minimum Gasteiger partial charge on any atom is -0.489 e. The number of carbonyl (C=O) groups excluding carboxylic acids is 1. The molecule has 0 heterocycles. The first-order valence-corrected chi connectivity index (χ1v) is 8.20. The SMILES string of the molecule is CC(C)Oc1ccccc1NC(=O)Nc1ccc(C(C)(C)C)cc1. The summed E-state index contributed by atoms with van der Waals surface area (Å²) in [6.07, 6.45) is 0.0425. The molecule has 0 spiro atoms. The van der Waals surface area contributed by atoms with Crippen molar-refractivity contribution in [2.75, 3.05) is 10.6 Å². The highest BCUT2D eigenvalue weighted by Gasteiger charge is 2.13. The van der Waals surface area contributed by atoms with Crippen molar-refractivity contribution in [3.05, 3.63) is 54.1 Å². The number of anilines is 2. The zero-order valence-electron chi connectivity index (χ0n) is 15.0. The quantitative estimate of drug-likeness (QED) is 0.788. The number of hydrogen-bond donors (Lipinski definition) is 2. The first-order chi connectivity index (χ1) is 11.3. The maximum Gasteiger partial charge on any atom is 0.323 e. The van der Waals surface area contributed by atoms with Crippen molar-refractivity contribution in [3.63, 3.8) is 0 Å².